The van der Waals surface area contributed by atoms with E-state index in [0.29, 0.717) is 35.8 Å². The van der Waals surface area contributed by atoms with E-state index >= 15 is 0 Å². The SMILES string of the molecule is O=C(O)Nc1ccc(C(=O)NC(Cc2ccccc2)C(=O)N2C(=O)OC3(CCNC3)c3cc(Cl)ccc32)cn1. The number of carbonyl (C=O) groups excluding carboxylic acids is 3. The second-order valence-electron chi connectivity index (χ2n) is 9.20. The maximum absolute atomic E-state index is 14.0. The Morgan fingerprint density at radius 3 is 2.62 bits per heavy atom. The summed E-state index contributed by atoms with van der Waals surface area (Å²) in [6, 6.07) is 15.5. The molecule has 4 amide bonds. The van der Waals surface area contributed by atoms with Crippen molar-refractivity contribution in [2.45, 2.75) is 24.5 Å². The highest BCUT2D eigenvalue weighted by atomic mass is 35.5. The van der Waals surface area contributed by atoms with Crippen LogP contribution in [0.4, 0.5) is 21.1 Å². The van der Waals surface area contributed by atoms with Gasteiger partial charge in [-0.1, -0.05) is 41.9 Å². The van der Waals surface area contributed by atoms with Crippen molar-refractivity contribution in [3.05, 3.63) is 88.6 Å². The number of carbonyl (C=O) groups is 4. The predicted molar refractivity (Wildman–Crippen MR) is 142 cm³/mol. The zero-order valence-electron chi connectivity index (χ0n) is 20.5. The number of anilines is 2. The summed E-state index contributed by atoms with van der Waals surface area (Å²) in [4.78, 5) is 56.1. The largest absolute Gasteiger partial charge is 0.465 e. The van der Waals surface area contributed by atoms with E-state index in [4.69, 9.17) is 21.4 Å². The van der Waals surface area contributed by atoms with Crippen LogP contribution in [-0.4, -0.2) is 53.2 Å². The first-order valence-electron chi connectivity index (χ1n) is 12.1. The third-order valence-corrected chi connectivity index (χ3v) is 6.87. The monoisotopic (exact) mass is 549 g/mol. The fourth-order valence-electron chi connectivity index (χ4n) is 4.79. The molecule has 0 aliphatic carbocycles. The minimum atomic E-state index is -1.29. The number of halogens is 1. The molecule has 2 aromatic carbocycles. The van der Waals surface area contributed by atoms with Crippen LogP contribution >= 0.6 is 11.6 Å². The van der Waals surface area contributed by atoms with E-state index in [9.17, 15) is 19.2 Å². The fraction of sp³-hybridized carbons (Fsp3) is 0.222. The van der Waals surface area contributed by atoms with Crippen LogP contribution in [0.3, 0.4) is 0 Å². The summed E-state index contributed by atoms with van der Waals surface area (Å²) in [5, 5.41) is 17.3. The Morgan fingerprint density at radius 2 is 1.95 bits per heavy atom. The molecule has 2 aliphatic heterocycles. The van der Waals surface area contributed by atoms with Gasteiger partial charge in [-0.05, 0) is 42.4 Å². The summed E-state index contributed by atoms with van der Waals surface area (Å²) in [6.07, 6.45) is -0.321. The van der Waals surface area contributed by atoms with E-state index in [1.165, 1.54) is 18.3 Å². The zero-order valence-corrected chi connectivity index (χ0v) is 21.3. The lowest BCUT2D eigenvalue weighted by Crippen LogP contribution is -2.56. The Bertz CT molecular complexity index is 1430. The number of nitrogens with one attached hydrogen (secondary N) is 3. The Morgan fingerprint density at radius 1 is 1.15 bits per heavy atom. The number of aromatic nitrogens is 1. The molecule has 1 aromatic heterocycles. The van der Waals surface area contributed by atoms with Crippen LogP contribution in [-0.2, 0) is 21.6 Å². The summed E-state index contributed by atoms with van der Waals surface area (Å²) in [6.45, 7) is 1.02. The summed E-state index contributed by atoms with van der Waals surface area (Å²) >= 11 is 6.28. The van der Waals surface area contributed by atoms with Crippen molar-refractivity contribution < 1.29 is 29.0 Å². The highest BCUT2D eigenvalue weighted by Crippen LogP contribution is 2.44. The zero-order chi connectivity index (χ0) is 27.6. The Balaban J connectivity index is 1.47. The van der Waals surface area contributed by atoms with Crippen molar-refractivity contribution in [2.75, 3.05) is 23.3 Å². The molecule has 1 fully saturated rings. The lowest BCUT2D eigenvalue weighted by Gasteiger charge is -2.40. The van der Waals surface area contributed by atoms with Gasteiger partial charge in [0.05, 0.1) is 11.3 Å². The molecule has 3 aromatic rings. The summed E-state index contributed by atoms with van der Waals surface area (Å²) in [5.74, 6) is -1.27. The number of fused-ring (bicyclic) bond motifs is 2. The van der Waals surface area contributed by atoms with Crippen molar-refractivity contribution in [2.24, 2.45) is 0 Å². The first-order valence-corrected chi connectivity index (χ1v) is 12.5. The summed E-state index contributed by atoms with van der Waals surface area (Å²) in [7, 11) is 0. The molecule has 39 heavy (non-hydrogen) atoms. The average molecular weight is 550 g/mol. The van der Waals surface area contributed by atoms with Crippen LogP contribution in [0.5, 0.6) is 0 Å². The van der Waals surface area contributed by atoms with Crippen LogP contribution < -0.4 is 20.9 Å². The predicted octanol–water partition coefficient (Wildman–Crippen LogP) is 3.54. The molecule has 5 rings (SSSR count). The van der Waals surface area contributed by atoms with Crippen LogP contribution in [0.1, 0.15) is 27.9 Å². The molecule has 200 valence electrons. The van der Waals surface area contributed by atoms with E-state index in [2.05, 4.69) is 20.9 Å². The van der Waals surface area contributed by atoms with Gasteiger partial charge in [0, 0.05) is 36.2 Å². The summed E-state index contributed by atoms with van der Waals surface area (Å²) < 4.78 is 5.85. The molecule has 12 heteroatoms. The van der Waals surface area contributed by atoms with Gasteiger partial charge in [0.15, 0.2) is 5.60 Å². The van der Waals surface area contributed by atoms with E-state index < -0.39 is 35.6 Å². The van der Waals surface area contributed by atoms with Crippen LogP contribution in [0.2, 0.25) is 5.02 Å². The highest BCUT2D eigenvalue weighted by Gasteiger charge is 2.49. The lowest BCUT2D eigenvalue weighted by atomic mass is 9.89. The van der Waals surface area contributed by atoms with E-state index in [1.807, 2.05) is 18.2 Å². The van der Waals surface area contributed by atoms with Crippen LogP contribution in [0, 0.1) is 0 Å². The Hall–Kier alpha value is -4.48. The van der Waals surface area contributed by atoms with Crippen molar-refractivity contribution in [1.82, 2.24) is 15.6 Å². The molecule has 0 radical (unpaired) electrons. The number of hydrogen-bond donors (Lipinski definition) is 4. The van der Waals surface area contributed by atoms with E-state index in [1.54, 1.807) is 30.3 Å². The minimum absolute atomic E-state index is 0.0395. The number of hydrogen-bond acceptors (Lipinski definition) is 7. The number of imide groups is 1. The van der Waals surface area contributed by atoms with Gasteiger partial charge in [0.1, 0.15) is 11.9 Å². The minimum Gasteiger partial charge on any atom is -0.465 e. The molecular weight excluding hydrogens is 526 g/mol. The lowest BCUT2D eigenvalue weighted by molar-refractivity contribution is -0.120. The first-order chi connectivity index (χ1) is 18.8. The second-order valence-corrected chi connectivity index (χ2v) is 9.64. The number of benzene rings is 2. The molecule has 0 saturated carbocycles. The third kappa shape index (κ3) is 5.40. The Labute approximate surface area is 228 Å². The maximum atomic E-state index is 14.0. The van der Waals surface area contributed by atoms with Gasteiger partial charge >= 0.3 is 12.2 Å². The average Bonchev–Trinajstić information content (AvgIpc) is 3.38. The summed E-state index contributed by atoms with van der Waals surface area (Å²) in [5.41, 5.74) is 0.879. The molecule has 2 unspecified atom stereocenters. The van der Waals surface area contributed by atoms with Gasteiger partial charge in [0.25, 0.3) is 11.8 Å². The smallest absolute Gasteiger partial charge is 0.422 e. The van der Waals surface area contributed by atoms with Crippen molar-refractivity contribution in [1.29, 1.82) is 0 Å². The van der Waals surface area contributed by atoms with Crippen LogP contribution in [0.25, 0.3) is 0 Å². The molecule has 11 nitrogen and oxygen atoms in total. The first kappa shape index (κ1) is 26.1. The van der Waals surface area contributed by atoms with Gasteiger partial charge < -0.3 is 20.5 Å². The molecule has 1 saturated heterocycles. The van der Waals surface area contributed by atoms with Crippen molar-refractivity contribution in [3.8, 4) is 0 Å². The van der Waals surface area contributed by atoms with Gasteiger partial charge in [0.2, 0.25) is 0 Å². The standard InChI is InChI=1S/C27H24ClN5O6/c28-18-7-8-21-19(13-18)27(10-11-29-15-27)39-26(38)33(21)24(35)20(12-16-4-2-1-3-5-16)31-23(34)17-6-9-22(30-14-17)32-25(36)37/h1-9,13-14,20,29H,10-12,15H2,(H,30,32)(H,31,34)(H,36,37). The normalized spacial score (nSPS) is 18.7. The molecule has 0 bridgehead atoms. The van der Waals surface area contributed by atoms with E-state index in [-0.39, 0.29) is 17.8 Å². The number of rotatable bonds is 6. The maximum Gasteiger partial charge on any atom is 0.422 e. The molecule has 1 spiro atoms. The van der Waals surface area contributed by atoms with Crippen molar-refractivity contribution >= 4 is 47.1 Å². The molecular formula is C27H24ClN5O6. The third-order valence-electron chi connectivity index (χ3n) is 6.64. The quantitative estimate of drug-likeness (QED) is 0.364. The van der Waals surface area contributed by atoms with Crippen LogP contribution in [0.15, 0.2) is 66.9 Å². The molecule has 3 heterocycles. The van der Waals surface area contributed by atoms with Crippen molar-refractivity contribution in [3.63, 3.8) is 0 Å². The number of nitrogens with zero attached hydrogens (tertiary/aromatic N) is 2. The fourth-order valence-corrected chi connectivity index (χ4v) is 4.96. The van der Waals surface area contributed by atoms with Gasteiger partial charge in [-0.2, -0.15) is 0 Å². The van der Waals surface area contributed by atoms with E-state index in [0.717, 1.165) is 10.5 Å². The Kier molecular flexibility index (Phi) is 7.18. The number of ether oxygens (including phenoxy) is 1. The van der Waals surface area contributed by atoms with Gasteiger partial charge in [-0.25, -0.2) is 19.5 Å². The topological polar surface area (TPSA) is 150 Å². The molecule has 2 atom stereocenters. The molecule has 2 aliphatic rings. The van der Waals surface area contributed by atoms with Gasteiger partial charge in [-0.3, -0.25) is 14.9 Å². The highest BCUT2D eigenvalue weighted by molar-refractivity contribution is 6.31. The second kappa shape index (κ2) is 10.7. The number of amides is 4. The number of carboxylic acid groups (broad SMARTS) is 1. The van der Waals surface area contributed by atoms with Gasteiger partial charge in [-0.15, -0.1) is 0 Å². The molecule has 4 N–H and O–H groups in total. The number of pyridine rings is 1.